The van der Waals surface area contributed by atoms with Crippen LogP contribution in [0.1, 0.15) is 24.1 Å². The first-order valence-corrected chi connectivity index (χ1v) is 11.6. The lowest BCUT2D eigenvalue weighted by Crippen LogP contribution is -2.47. The number of nitrogens with zero attached hydrogens (tertiary/aromatic N) is 2. The standard InChI is InChI=1S/C27H28Cl2N2/c1-21(23-9-11-24(12-10-23)25-13-14-26(28)27(29)20-25)31-18-16-30(17-19-31)15-5-8-22-6-3-2-4-7-22/h2-14,20-21H,15-19H2,1H3. The van der Waals surface area contributed by atoms with Gasteiger partial charge in [-0.3, -0.25) is 9.80 Å². The summed E-state index contributed by atoms with van der Waals surface area (Å²) in [5, 5.41) is 1.18. The van der Waals surface area contributed by atoms with Gasteiger partial charge >= 0.3 is 0 Å². The van der Waals surface area contributed by atoms with Crippen molar-refractivity contribution in [2.45, 2.75) is 13.0 Å². The van der Waals surface area contributed by atoms with Crippen molar-refractivity contribution in [2.24, 2.45) is 0 Å². The Morgan fingerprint density at radius 3 is 2.16 bits per heavy atom. The SMILES string of the molecule is CC(c1ccc(-c2ccc(Cl)c(Cl)c2)cc1)N1CCN(CC=Cc2ccccc2)CC1. The highest BCUT2D eigenvalue weighted by Gasteiger charge is 2.21. The predicted octanol–water partition coefficient (Wildman–Crippen LogP) is 7.05. The van der Waals surface area contributed by atoms with Crippen molar-refractivity contribution < 1.29 is 0 Å². The highest BCUT2D eigenvalue weighted by atomic mass is 35.5. The first kappa shape index (κ1) is 22.1. The molecule has 3 aromatic rings. The highest BCUT2D eigenvalue weighted by molar-refractivity contribution is 6.42. The summed E-state index contributed by atoms with van der Waals surface area (Å²) >= 11 is 12.2. The molecule has 4 heteroatoms. The average Bonchev–Trinajstić information content (AvgIpc) is 2.82. The number of piperazine rings is 1. The molecule has 31 heavy (non-hydrogen) atoms. The van der Waals surface area contributed by atoms with Crippen LogP contribution in [0.2, 0.25) is 10.0 Å². The van der Waals surface area contributed by atoms with Crippen molar-refractivity contribution in [1.29, 1.82) is 0 Å². The molecule has 1 aliphatic rings. The summed E-state index contributed by atoms with van der Waals surface area (Å²) in [7, 11) is 0. The maximum atomic E-state index is 6.17. The molecule has 1 aliphatic heterocycles. The number of rotatable bonds is 6. The third-order valence-electron chi connectivity index (χ3n) is 6.07. The van der Waals surface area contributed by atoms with Gasteiger partial charge in [0.15, 0.2) is 0 Å². The Balaban J connectivity index is 1.30. The normalized spacial score (nSPS) is 16.6. The van der Waals surface area contributed by atoms with E-state index in [9.17, 15) is 0 Å². The molecular weight excluding hydrogens is 423 g/mol. The summed E-state index contributed by atoms with van der Waals surface area (Å²) < 4.78 is 0. The molecule has 0 N–H and O–H groups in total. The van der Waals surface area contributed by atoms with Gasteiger partial charge in [0.1, 0.15) is 0 Å². The van der Waals surface area contributed by atoms with Crippen molar-refractivity contribution in [1.82, 2.24) is 9.80 Å². The molecule has 1 unspecified atom stereocenters. The van der Waals surface area contributed by atoms with Gasteiger partial charge in [-0.1, -0.05) is 96.0 Å². The number of hydrogen-bond donors (Lipinski definition) is 0. The van der Waals surface area contributed by atoms with Crippen molar-refractivity contribution in [3.8, 4) is 11.1 Å². The van der Waals surface area contributed by atoms with Crippen LogP contribution in [0.5, 0.6) is 0 Å². The molecule has 0 amide bonds. The van der Waals surface area contributed by atoms with Gasteiger partial charge in [0.2, 0.25) is 0 Å². The summed E-state index contributed by atoms with van der Waals surface area (Å²) in [6.45, 7) is 7.70. The largest absolute Gasteiger partial charge is 0.297 e. The van der Waals surface area contributed by atoms with Crippen LogP contribution in [-0.2, 0) is 0 Å². The molecule has 4 rings (SSSR count). The lowest BCUT2D eigenvalue weighted by atomic mass is 10.0. The summed E-state index contributed by atoms with van der Waals surface area (Å²) in [6, 6.07) is 25.5. The first-order valence-electron chi connectivity index (χ1n) is 10.8. The average molecular weight is 451 g/mol. The van der Waals surface area contributed by atoms with Gasteiger partial charge in [-0.25, -0.2) is 0 Å². The van der Waals surface area contributed by atoms with E-state index in [2.05, 4.69) is 83.5 Å². The van der Waals surface area contributed by atoms with E-state index >= 15 is 0 Å². The second kappa shape index (κ2) is 10.5. The van der Waals surface area contributed by atoms with Gasteiger partial charge in [0, 0.05) is 38.8 Å². The zero-order valence-corrected chi connectivity index (χ0v) is 19.4. The quantitative estimate of drug-likeness (QED) is 0.396. The van der Waals surface area contributed by atoms with Crippen molar-refractivity contribution in [3.63, 3.8) is 0 Å². The molecule has 1 saturated heterocycles. The van der Waals surface area contributed by atoms with Crippen LogP contribution in [-0.4, -0.2) is 42.5 Å². The first-order chi connectivity index (χ1) is 15.1. The lowest BCUT2D eigenvalue weighted by molar-refractivity contribution is 0.110. The van der Waals surface area contributed by atoms with Crippen LogP contribution >= 0.6 is 23.2 Å². The Hall–Kier alpha value is -2.10. The molecule has 0 aromatic heterocycles. The van der Waals surface area contributed by atoms with Crippen LogP contribution in [0.15, 0.2) is 78.9 Å². The summed E-state index contributed by atoms with van der Waals surface area (Å²) in [5.74, 6) is 0. The van der Waals surface area contributed by atoms with E-state index in [4.69, 9.17) is 23.2 Å². The number of halogens is 2. The van der Waals surface area contributed by atoms with E-state index in [0.29, 0.717) is 16.1 Å². The molecule has 1 atom stereocenters. The highest BCUT2D eigenvalue weighted by Crippen LogP contribution is 2.30. The van der Waals surface area contributed by atoms with E-state index in [1.165, 1.54) is 11.1 Å². The van der Waals surface area contributed by atoms with Gasteiger partial charge in [-0.05, 0) is 41.3 Å². The summed E-state index contributed by atoms with van der Waals surface area (Å²) in [6.07, 6.45) is 4.49. The maximum absolute atomic E-state index is 6.17. The fourth-order valence-electron chi connectivity index (χ4n) is 4.08. The van der Waals surface area contributed by atoms with E-state index in [-0.39, 0.29) is 0 Å². The second-order valence-electron chi connectivity index (χ2n) is 8.08. The topological polar surface area (TPSA) is 6.48 Å². The molecule has 1 fully saturated rings. The third-order valence-corrected chi connectivity index (χ3v) is 6.81. The molecule has 0 bridgehead atoms. The minimum absolute atomic E-state index is 0.407. The molecule has 0 spiro atoms. The monoisotopic (exact) mass is 450 g/mol. The minimum Gasteiger partial charge on any atom is -0.297 e. The van der Waals surface area contributed by atoms with Crippen molar-refractivity contribution in [3.05, 3.63) is 100 Å². The predicted molar refractivity (Wildman–Crippen MR) is 134 cm³/mol. The van der Waals surface area contributed by atoms with E-state index < -0.39 is 0 Å². The van der Waals surface area contributed by atoms with E-state index in [1.54, 1.807) is 0 Å². The molecule has 3 aromatic carbocycles. The summed E-state index contributed by atoms with van der Waals surface area (Å²) in [4.78, 5) is 5.10. The lowest BCUT2D eigenvalue weighted by Gasteiger charge is -2.38. The Kier molecular flexibility index (Phi) is 7.47. The van der Waals surface area contributed by atoms with Gasteiger partial charge in [-0.2, -0.15) is 0 Å². The molecule has 1 heterocycles. The Morgan fingerprint density at radius 2 is 1.48 bits per heavy atom. The van der Waals surface area contributed by atoms with Gasteiger partial charge in [0.05, 0.1) is 10.0 Å². The Bertz CT molecular complexity index is 1010. The van der Waals surface area contributed by atoms with Gasteiger partial charge in [0.25, 0.3) is 0 Å². The maximum Gasteiger partial charge on any atom is 0.0598 e. The number of hydrogen-bond acceptors (Lipinski definition) is 2. The Morgan fingerprint density at radius 1 is 0.806 bits per heavy atom. The molecule has 0 aliphatic carbocycles. The zero-order valence-electron chi connectivity index (χ0n) is 17.8. The van der Waals surface area contributed by atoms with Gasteiger partial charge < -0.3 is 0 Å². The van der Waals surface area contributed by atoms with E-state index in [0.717, 1.165) is 43.9 Å². The van der Waals surface area contributed by atoms with Crippen molar-refractivity contribution >= 4 is 29.3 Å². The fourth-order valence-corrected chi connectivity index (χ4v) is 4.37. The smallest absolute Gasteiger partial charge is 0.0598 e. The molecular formula is C27H28Cl2N2. The second-order valence-corrected chi connectivity index (χ2v) is 8.89. The van der Waals surface area contributed by atoms with Crippen LogP contribution in [0.3, 0.4) is 0 Å². The minimum atomic E-state index is 0.407. The van der Waals surface area contributed by atoms with Crippen LogP contribution in [0.25, 0.3) is 17.2 Å². The van der Waals surface area contributed by atoms with E-state index in [1.807, 2.05) is 18.2 Å². The fraction of sp³-hybridized carbons (Fsp3) is 0.259. The summed E-state index contributed by atoms with van der Waals surface area (Å²) in [5.41, 5.74) is 4.86. The van der Waals surface area contributed by atoms with Gasteiger partial charge in [-0.15, -0.1) is 0 Å². The molecule has 2 nitrogen and oxygen atoms in total. The molecule has 0 radical (unpaired) electrons. The van der Waals surface area contributed by atoms with Crippen LogP contribution in [0.4, 0.5) is 0 Å². The zero-order chi connectivity index (χ0) is 21.6. The molecule has 0 saturated carbocycles. The number of benzene rings is 3. The molecule has 160 valence electrons. The Labute approximate surface area is 195 Å². The van der Waals surface area contributed by atoms with Crippen molar-refractivity contribution in [2.75, 3.05) is 32.7 Å². The van der Waals surface area contributed by atoms with Crippen LogP contribution in [0, 0.1) is 0 Å². The van der Waals surface area contributed by atoms with Crippen LogP contribution < -0.4 is 0 Å². The third kappa shape index (κ3) is 5.78.